The molecule has 0 aromatic heterocycles. The number of aliphatic carboxylic acids is 1. The highest BCUT2D eigenvalue weighted by molar-refractivity contribution is 5.82. The Morgan fingerprint density at radius 2 is 1.94 bits per heavy atom. The smallest absolute Gasteiger partial charge is 0.326 e. The molecule has 1 fully saturated rings. The predicted molar refractivity (Wildman–Crippen MR) is 61.8 cm³/mol. The number of amides is 2. The molecule has 0 bridgehead atoms. The van der Waals surface area contributed by atoms with Gasteiger partial charge in [0, 0.05) is 13.1 Å². The molecule has 6 heteroatoms. The Hall–Kier alpha value is -1.30. The molecular weight excluding hydrogens is 224 g/mol. The average molecular weight is 244 g/mol. The molecule has 17 heavy (non-hydrogen) atoms. The summed E-state index contributed by atoms with van der Waals surface area (Å²) in [6.45, 7) is 5.90. The summed E-state index contributed by atoms with van der Waals surface area (Å²) in [5, 5.41) is 11.6. The number of carbonyl (C=O) groups is 2. The summed E-state index contributed by atoms with van der Waals surface area (Å²) in [4.78, 5) is 24.4. The van der Waals surface area contributed by atoms with Gasteiger partial charge in [-0.2, -0.15) is 0 Å². The first-order valence-corrected chi connectivity index (χ1v) is 5.86. The van der Waals surface area contributed by atoms with Crippen molar-refractivity contribution in [1.82, 2.24) is 10.2 Å². The lowest BCUT2D eigenvalue weighted by Crippen LogP contribution is -2.51. The lowest BCUT2D eigenvalue weighted by molar-refractivity contribution is -0.139. The summed E-state index contributed by atoms with van der Waals surface area (Å²) < 4.78 is 5.13. The maximum Gasteiger partial charge on any atom is 0.326 e. The number of rotatable bonds is 4. The van der Waals surface area contributed by atoms with Crippen molar-refractivity contribution in [3.63, 3.8) is 0 Å². The Labute approximate surface area is 101 Å². The maximum atomic E-state index is 11.8. The molecule has 0 unspecified atom stereocenters. The minimum Gasteiger partial charge on any atom is -0.480 e. The quantitative estimate of drug-likeness (QED) is 0.756. The Bertz CT molecular complexity index is 275. The molecule has 6 nitrogen and oxygen atoms in total. The summed E-state index contributed by atoms with van der Waals surface area (Å²) >= 11 is 0. The molecule has 0 aromatic rings. The van der Waals surface area contributed by atoms with Crippen LogP contribution in [0.3, 0.4) is 0 Å². The summed E-state index contributed by atoms with van der Waals surface area (Å²) in [7, 11) is 0. The van der Waals surface area contributed by atoms with Crippen LogP contribution in [0.1, 0.15) is 20.3 Å². The normalized spacial score (nSPS) is 17.9. The van der Waals surface area contributed by atoms with Crippen molar-refractivity contribution in [2.24, 2.45) is 5.92 Å². The highest BCUT2D eigenvalue weighted by Crippen LogP contribution is 2.06. The highest BCUT2D eigenvalue weighted by atomic mass is 16.5. The molecular formula is C11H20N2O4. The van der Waals surface area contributed by atoms with Crippen LogP contribution in [-0.2, 0) is 9.53 Å². The number of ether oxygens (including phenoxy) is 1. The van der Waals surface area contributed by atoms with Crippen molar-refractivity contribution in [3.8, 4) is 0 Å². The van der Waals surface area contributed by atoms with E-state index in [1.807, 2.05) is 13.8 Å². The van der Waals surface area contributed by atoms with E-state index in [-0.39, 0.29) is 11.9 Å². The summed E-state index contributed by atoms with van der Waals surface area (Å²) in [6.07, 6.45) is 0.436. The van der Waals surface area contributed by atoms with Gasteiger partial charge in [-0.25, -0.2) is 9.59 Å². The van der Waals surface area contributed by atoms with E-state index < -0.39 is 12.0 Å². The number of carboxylic acids is 1. The van der Waals surface area contributed by atoms with Crippen molar-refractivity contribution in [2.45, 2.75) is 26.3 Å². The Morgan fingerprint density at radius 3 is 2.41 bits per heavy atom. The Kier molecular flexibility index (Phi) is 5.21. The van der Waals surface area contributed by atoms with Gasteiger partial charge in [0.25, 0.3) is 0 Å². The number of nitrogens with one attached hydrogen (secondary N) is 1. The van der Waals surface area contributed by atoms with Crippen molar-refractivity contribution in [2.75, 3.05) is 26.3 Å². The number of hydrogen-bond acceptors (Lipinski definition) is 3. The van der Waals surface area contributed by atoms with Crippen LogP contribution in [-0.4, -0.2) is 54.4 Å². The number of nitrogens with zero attached hydrogens (tertiary/aromatic N) is 1. The van der Waals surface area contributed by atoms with Crippen LogP contribution in [0.15, 0.2) is 0 Å². The van der Waals surface area contributed by atoms with E-state index in [0.29, 0.717) is 32.7 Å². The zero-order chi connectivity index (χ0) is 12.8. The first kappa shape index (κ1) is 13.8. The van der Waals surface area contributed by atoms with Gasteiger partial charge in [0.05, 0.1) is 13.2 Å². The third-order valence-corrected chi connectivity index (χ3v) is 2.60. The summed E-state index contributed by atoms with van der Waals surface area (Å²) in [5.41, 5.74) is 0. The molecule has 0 aromatic carbocycles. The van der Waals surface area contributed by atoms with E-state index in [0.717, 1.165) is 0 Å². The van der Waals surface area contributed by atoms with Gasteiger partial charge in [-0.3, -0.25) is 0 Å². The lowest BCUT2D eigenvalue weighted by atomic mass is 10.0. The summed E-state index contributed by atoms with van der Waals surface area (Å²) in [6, 6.07) is -1.13. The average Bonchev–Trinajstić information content (AvgIpc) is 2.28. The van der Waals surface area contributed by atoms with Crippen molar-refractivity contribution in [3.05, 3.63) is 0 Å². The Morgan fingerprint density at radius 1 is 1.35 bits per heavy atom. The third kappa shape index (κ3) is 4.60. The fraction of sp³-hybridized carbons (Fsp3) is 0.818. The zero-order valence-electron chi connectivity index (χ0n) is 10.3. The minimum absolute atomic E-state index is 0.223. The summed E-state index contributed by atoms with van der Waals surface area (Å²) in [5.74, 6) is -0.763. The fourth-order valence-electron chi connectivity index (χ4n) is 1.70. The van der Waals surface area contributed by atoms with Crippen molar-refractivity contribution in [1.29, 1.82) is 0 Å². The van der Waals surface area contributed by atoms with Gasteiger partial charge >= 0.3 is 12.0 Å². The molecule has 0 radical (unpaired) electrons. The molecule has 2 N–H and O–H groups in total. The van der Waals surface area contributed by atoms with Crippen molar-refractivity contribution < 1.29 is 19.4 Å². The van der Waals surface area contributed by atoms with E-state index in [2.05, 4.69) is 5.32 Å². The topological polar surface area (TPSA) is 78.9 Å². The molecule has 1 aliphatic rings. The van der Waals surface area contributed by atoms with Crippen LogP contribution < -0.4 is 5.32 Å². The monoisotopic (exact) mass is 244 g/mol. The standard InChI is InChI=1S/C11H20N2O4/c1-8(2)7-9(10(14)15)12-11(16)13-3-5-17-6-4-13/h8-9H,3-7H2,1-2H3,(H,12,16)(H,14,15)/t9-/m0/s1. The molecule has 1 aliphatic heterocycles. The molecule has 1 atom stereocenters. The van der Waals surface area contributed by atoms with Crippen LogP contribution in [0.25, 0.3) is 0 Å². The van der Waals surface area contributed by atoms with Gasteiger partial charge in [-0.1, -0.05) is 13.8 Å². The number of carbonyl (C=O) groups excluding carboxylic acids is 1. The van der Waals surface area contributed by atoms with Crippen LogP contribution in [0.2, 0.25) is 0 Å². The second-order valence-corrected chi connectivity index (χ2v) is 4.57. The second-order valence-electron chi connectivity index (χ2n) is 4.57. The van der Waals surface area contributed by atoms with Gasteiger partial charge in [-0.05, 0) is 12.3 Å². The van der Waals surface area contributed by atoms with Gasteiger partial charge in [0.2, 0.25) is 0 Å². The van der Waals surface area contributed by atoms with Crippen LogP contribution >= 0.6 is 0 Å². The molecule has 0 saturated carbocycles. The molecule has 1 heterocycles. The largest absolute Gasteiger partial charge is 0.480 e. The highest BCUT2D eigenvalue weighted by Gasteiger charge is 2.24. The van der Waals surface area contributed by atoms with Crippen LogP contribution in [0, 0.1) is 5.92 Å². The molecule has 98 valence electrons. The minimum atomic E-state index is -0.986. The number of morpholine rings is 1. The van der Waals surface area contributed by atoms with Crippen molar-refractivity contribution >= 4 is 12.0 Å². The number of carboxylic acid groups (broad SMARTS) is 1. The van der Waals surface area contributed by atoms with Gasteiger partial charge in [0.15, 0.2) is 0 Å². The fourth-order valence-corrected chi connectivity index (χ4v) is 1.70. The second kappa shape index (κ2) is 6.44. The van der Waals surface area contributed by atoms with Crippen LogP contribution in [0.4, 0.5) is 4.79 Å². The molecule has 1 saturated heterocycles. The molecule has 0 spiro atoms. The van der Waals surface area contributed by atoms with E-state index >= 15 is 0 Å². The first-order chi connectivity index (χ1) is 8.00. The lowest BCUT2D eigenvalue weighted by Gasteiger charge is -2.28. The van der Waals surface area contributed by atoms with Gasteiger partial charge < -0.3 is 20.1 Å². The van der Waals surface area contributed by atoms with Gasteiger partial charge in [-0.15, -0.1) is 0 Å². The van der Waals surface area contributed by atoms with Gasteiger partial charge in [0.1, 0.15) is 6.04 Å². The van der Waals surface area contributed by atoms with E-state index in [1.54, 1.807) is 4.90 Å². The maximum absolute atomic E-state index is 11.8. The third-order valence-electron chi connectivity index (χ3n) is 2.60. The molecule has 1 rings (SSSR count). The van der Waals surface area contributed by atoms with E-state index in [1.165, 1.54) is 0 Å². The first-order valence-electron chi connectivity index (χ1n) is 5.86. The Balaban J connectivity index is 2.47. The van der Waals surface area contributed by atoms with E-state index in [9.17, 15) is 9.59 Å². The SMILES string of the molecule is CC(C)C[C@H](NC(=O)N1CCOCC1)C(=O)O. The van der Waals surface area contributed by atoms with E-state index in [4.69, 9.17) is 9.84 Å². The molecule has 0 aliphatic carbocycles. The van der Waals surface area contributed by atoms with Crippen LogP contribution in [0.5, 0.6) is 0 Å². The number of urea groups is 1. The predicted octanol–water partition coefficient (Wildman–Crippen LogP) is 0.527. The zero-order valence-corrected chi connectivity index (χ0v) is 10.3. The number of hydrogen-bond donors (Lipinski definition) is 2. The molecule has 2 amide bonds.